The predicted molar refractivity (Wildman–Crippen MR) is 77.8 cm³/mol. The Morgan fingerprint density at radius 2 is 2.26 bits per heavy atom. The summed E-state index contributed by atoms with van der Waals surface area (Å²) >= 11 is 0. The van der Waals surface area contributed by atoms with E-state index in [2.05, 4.69) is 11.0 Å². The molecule has 0 amide bonds. The Labute approximate surface area is 112 Å². The van der Waals surface area contributed by atoms with E-state index in [0.29, 0.717) is 0 Å². The second kappa shape index (κ2) is 4.14. The van der Waals surface area contributed by atoms with Crippen LogP contribution in [0.15, 0.2) is 35.0 Å². The van der Waals surface area contributed by atoms with Gasteiger partial charge in [0.05, 0.1) is 6.26 Å². The van der Waals surface area contributed by atoms with Crippen molar-refractivity contribution < 1.29 is 4.42 Å². The van der Waals surface area contributed by atoms with Crippen molar-refractivity contribution in [1.29, 1.82) is 0 Å². The highest BCUT2D eigenvalue weighted by molar-refractivity contribution is 5.93. The molecule has 19 heavy (non-hydrogen) atoms. The van der Waals surface area contributed by atoms with Gasteiger partial charge in [0.15, 0.2) is 0 Å². The Kier molecular flexibility index (Phi) is 2.42. The molecule has 1 aromatic carbocycles. The van der Waals surface area contributed by atoms with Crippen molar-refractivity contribution in [1.82, 2.24) is 4.90 Å². The highest BCUT2D eigenvalue weighted by atomic mass is 16.3. The minimum atomic E-state index is 0.728. The number of anilines is 1. The van der Waals surface area contributed by atoms with Gasteiger partial charge in [0.25, 0.3) is 0 Å². The van der Waals surface area contributed by atoms with Crippen LogP contribution < -0.4 is 5.73 Å². The molecule has 3 heterocycles. The average Bonchev–Trinajstić information content (AvgIpc) is 3.03. The Hall–Kier alpha value is -1.74. The van der Waals surface area contributed by atoms with E-state index < -0.39 is 0 Å². The van der Waals surface area contributed by atoms with E-state index in [9.17, 15) is 0 Å². The van der Waals surface area contributed by atoms with Gasteiger partial charge in [0.2, 0.25) is 0 Å². The number of hydrogen-bond acceptors (Lipinski definition) is 3. The van der Waals surface area contributed by atoms with Crippen LogP contribution in [0.5, 0.6) is 0 Å². The maximum absolute atomic E-state index is 5.90. The Morgan fingerprint density at radius 3 is 3.21 bits per heavy atom. The van der Waals surface area contributed by atoms with Crippen molar-refractivity contribution in [3.05, 3.63) is 36.1 Å². The summed E-state index contributed by atoms with van der Waals surface area (Å²) in [5.41, 5.74) is 10.3. The minimum Gasteiger partial charge on any atom is -0.464 e. The second-order valence-electron chi connectivity index (χ2n) is 5.63. The number of fused-ring (bicyclic) bond motifs is 2. The van der Waals surface area contributed by atoms with Gasteiger partial charge in [-0.1, -0.05) is 6.08 Å². The summed E-state index contributed by atoms with van der Waals surface area (Å²) in [7, 11) is 0. The van der Waals surface area contributed by atoms with Crippen LogP contribution in [0.1, 0.15) is 24.8 Å². The van der Waals surface area contributed by atoms with E-state index in [1.807, 2.05) is 24.5 Å². The number of rotatable bonds is 1. The number of benzene rings is 1. The van der Waals surface area contributed by atoms with Gasteiger partial charge in [-0.25, -0.2) is 0 Å². The Morgan fingerprint density at radius 1 is 1.32 bits per heavy atom. The second-order valence-corrected chi connectivity index (χ2v) is 5.63. The summed E-state index contributed by atoms with van der Waals surface area (Å²) in [6.45, 7) is 2.34. The number of hydrogen-bond donors (Lipinski definition) is 1. The molecule has 1 unspecified atom stereocenters. The van der Waals surface area contributed by atoms with Gasteiger partial charge in [-0.3, -0.25) is 4.90 Å². The summed E-state index contributed by atoms with van der Waals surface area (Å²) in [4.78, 5) is 2.58. The predicted octanol–water partition coefficient (Wildman–Crippen LogP) is 3.27. The molecule has 2 aliphatic rings. The molecule has 3 nitrogen and oxygen atoms in total. The molecule has 4 rings (SSSR count). The molecule has 0 aliphatic carbocycles. The molecule has 1 aromatic heterocycles. The minimum absolute atomic E-state index is 0.728. The van der Waals surface area contributed by atoms with Gasteiger partial charge < -0.3 is 10.2 Å². The van der Waals surface area contributed by atoms with Crippen LogP contribution >= 0.6 is 0 Å². The van der Waals surface area contributed by atoms with Crippen LogP contribution in [0, 0.1) is 0 Å². The van der Waals surface area contributed by atoms with Crippen LogP contribution in [-0.2, 0) is 0 Å². The standard InChI is InChI=1S/C16H18N2O/c17-12-3-4-16-14(9-12)15(10-19-16)11-5-7-18-6-1-2-13(18)8-11/h3-5,9-10,13H,1-2,6-8,17H2. The maximum atomic E-state index is 5.90. The van der Waals surface area contributed by atoms with Crippen molar-refractivity contribution in [3.63, 3.8) is 0 Å². The molecule has 3 heteroatoms. The fourth-order valence-corrected chi connectivity index (χ4v) is 3.45. The molecular weight excluding hydrogens is 236 g/mol. The normalized spacial score (nSPS) is 23.6. The fraction of sp³-hybridized carbons (Fsp3) is 0.375. The fourth-order valence-electron chi connectivity index (χ4n) is 3.45. The third kappa shape index (κ3) is 1.77. The van der Waals surface area contributed by atoms with Crippen LogP contribution in [0.3, 0.4) is 0 Å². The van der Waals surface area contributed by atoms with Gasteiger partial charge in [-0.05, 0) is 49.6 Å². The molecule has 0 radical (unpaired) electrons. The summed E-state index contributed by atoms with van der Waals surface area (Å²) in [6.07, 6.45) is 8.05. The number of nitrogen functional groups attached to an aromatic ring is 1. The zero-order valence-corrected chi connectivity index (χ0v) is 10.9. The highest BCUT2D eigenvalue weighted by Crippen LogP contribution is 2.36. The van der Waals surface area contributed by atoms with Crippen molar-refractivity contribution in [2.45, 2.75) is 25.3 Å². The first-order valence-corrected chi connectivity index (χ1v) is 7.01. The summed E-state index contributed by atoms with van der Waals surface area (Å²) in [6, 6.07) is 6.60. The number of furan rings is 1. The van der Waals surface area contributed by atoms with E-state index in [4.69, 9.17) is 10.2 Å². The highest BCUT2D eigenvalue weighted by Gasteiger charge is 2.28. The van der Waals surface area contributed by atoms with E-state index in [0.717, 1.165) is 35.7 Å². The summed E-state index contributed by atoms with van der Waals surface area (Å²) < 4.78 is 5.66. The lowest BCUT2D eigenvalue weighted by Gasteiger charge is -2.28. The first-order valence-electron chi connectivity index (χ1n) is 7.01. The third-order valence-corrected chi connectivity index (χ3v) is 4.47. The van der Waals surface area contributed by atoms with Crippen molar-refractivity contribution in [2.24, 2.45) is 0 Å². The van der Waals surface area contributed by atoms with E-state index in [1.54, 1.807) is 0 Å². The Bertz CT molecular complexity index is 656. The third-order valence-electron chi connectivity index (χ3n) is 4.47. The van der Waals surface area contributed by atoms with Crippen molar-refractivity contribution >= 4 is 22.2 Å². The molecule has 2 aromatic rings. The number of nitrogens with two attached hydrogens (primary N) is 1. The van der Waals surface area contributed by atoms with Gasteiger partial charge in [0, 0.05) is 29.2 Å². The molecule has 1 fully saturated rings. The van der Waals surface area contributed by atoms with Gasteiger partial charge >= 0.3 is 0 Å². The first-order chi connectivity index (χ1) is 9.31. The Balaban J connectivity index is 1.76. The van der Waals surface area contributed by atoms with E-state index in [1.165, 1.54) is 30.5 Å². The SMILES string of the molecule is Nc1ccc2occ(C3=CCN4CCCC4C3)c2c1. The lowest BCUT2D eigenvalue weighted by Crippen LogP contribution is -2.32. The number of nitrogens with zero attached hydrogens (tertiary/aromatic N) is 1. The molecule has 0 spiro atoms. The molecule has 1 atom stereocenters. The average molecular weight is 254 g/mol. The first kappa shape index (κ1) is 11.1. The van der Waals surface area contributed by atoms with Gasteiger partial charge in [-0.15, -0.1) is 0 Å². The van der Waals surface area contributed by atoms with Crippen molar-refractivity contribution in [3.8, 4) is 0 Å². The zero-order valence-electron chi connectivity index (χ0n) is 10.9. The topological polar surface area (TPSA) is 42.4 Å². The molecule has 1 saturated heterocycles. The summed E-state index contributed by atoms with van der Waals surface area (Å²) in [5.74, 6) is 0. The molecule has 0 saturated carbocycles. The van der Waals surface area contributed by atoms with Crippen LogP contribution in [-0.4, -0.2) is 24.0 Å². The lowest BCUT2D eigenvalue weighted by atomic mass is 9.94. The van der Waals surface area contributed by atoms with Gasteiger partial charge in [-0.2, -0.15) is 0 Å². The maximum Gasteiger partial charge on any atom is 0.134 e. The smallest absolute Gasteiger partial charge is 0.134 e. The van der Waals surface area contributed by atoms with Gasteiger partial charge in [0.1, 0.15) is 5.58 Å². The molecule has 98 valence electrons. The molecule has 0 bridgehead atoms. The van der Waals surface area contributed by atoms with Crippen molar-refractivity contribution in [2.75, 3.05) is 18.8 Å². The molecular formula is C16H18N2O. The molecule has 2 aliphatic heterocycles. The lowest BCUT2D eigenvalue weighted by molar-refractivity contribution is 0.275. The van der Waals surface area contributed by atoms with Crippen LogP contribution in [0.4, 0.5) is 5.69 Å². The van der Waals surface area contributed by atoms with E-state index >= 15 is 0 Å². The van der Waals surface area contributed by atoms with E-state index in [-0.39, 0.29) is 0 Å². The van der Waals surface area contributed by atoms with Crippen LogP contribution in [0.25, 0.3) is 16.5 Å². The largest absolute Gasteiger partial charge is 0.464 e. The van der Waals surface area contributed by atoms with Crippen LogP contribution in [0.2, 0.25) is 0 Å². The monoisotopic (exact) mass is 254 g/mol. The zero-order chi connectivity index (χ0) is 12.8. The molecule has 2 N–H and O–H groups in total. The quantitative estimate of drug-likeness (QED) is 0.794. The summed E-state index contributed by atoms with van der Waals surface area (Å²) in [5, 5.41) is 1.15.